The third-order valence-corrected chi connectivity index (χ3v) is 5.20. The van der Waals surface area contributed by atoms with Gasteiger partial charge in [-0.1, -0.05) is 30.3 Å². The van der Waals surface area contributed by atoms with Crippen molar-refractivity contribution in [1.82, 2.24) is 20.5 Å². The van der Waals surface area contributed by atoms with E-state index in [1.54, 1.807) is 17.3 Å². The summed E-state index contributed by atoms with van der Waals surface area (Å²) >= 11 is 0. The van der Waals surface area contributed by atoms with Crippen LogP contribution in [0, 0.1) is 12.3 Å². The molecule has 2 heterocycles. The number of nitrogens with one attached hydrogen (secondary N) is 2. The van der Waals surface area contributed by atoms with Crippen molar-refractivity contribution in [2.75, 3.05) is 19.6 Å². The largest absolute Gasteiger partial charge is 0.352 e. The van der Waals surface area contributed by atoms with Crippen LogP contribution in [0.25, 0.3) is 0 Å². The number of carbonyl (C=O) groups is 3. The molecule has 1 aliphatic heterocycles. The van der Waals surface area contributed by atoms with Crippen LogP contribution in [-0.4, -0.2) is 47.4 Å². The SMILES string of the molecule is Cc1cnccc1CNC(=O)C1(Cc2ccccc2)CN(C(=O)CNC(N)=O)C1. The van der Waals surface area contributed by atoms with E-state index in [4.69, 9.17) is 5.73 Å². The van der Waals surface area contributed by atoms with E-state index < -0.39 is 11.4 Å². The third kappa shape index (κ3) is 4.90. The number of primary amides is 1. The lowest BCUT2D eigenvalue weighted by atomic mass is 9.73. The van der Waals surface area contributed by atoms with Crippen LogP contribution < -0.4 is 16.4 Å². The summed E-state index contributed by atoms with van der Waals surface area (Å²) in [5.41, 5.74) is 7.36. The van der Waals surface area contributed by atoms with Gasteiger partial charge in [-0.25, -0.2) is 4.79 Å². The topological polar surface area (TPSA) is 117 Å². The summed E-state index contributed by atoms with van der Waals surface area (Å²) in [6, 6.07) is 10.9. The number of hydrogen-bond donors (Lipinski definition) is 3. The van der Waals surface area contributed by atoms with Crippen molar-refractivity contribution >= 4 is 17.8 Å². The number of benzene rings is 1. The van der Waals surface area contributed by atoms with Crippen LogP contribution in [-0.2, 0) is 22.6 Å². The zero-order valence-electron chi connectivity index (χ0n) is 16.4. The molecule has 3 rings (SSSR count). The quantitative estimate of drug-likeness (QED) is 0.641. The fourth-order valence-electron chi connectivity index (χ4n) is 3.52. The number of amides is 4. The molecule has 4 amide bonds. The van der Waals surface area contributed by atoms with Gasteiger partial charge in [-0.05, 0) is 36.1 Å². The molecular formula is C21H25N5O3. The monoisotopic (exact) mass is 395 g/mol. The van der Waals surface area contributed by atoms with Crippen LogP contribution >= 0.6 is 0 Å². The smallest absolute Gasteiger partial charge is 0.312 e. The molecule has 0 spiro atoms. The third-order valence-electron chi connectivity index (χ3n) is 5.20. The lowest BCUT2D eigenvalue weighted by Gasteiger charge is -2.49. The normalized spacial score (nSPS) is 14.6. The van der Waals surface area contributed by atoms with Crippen molar-refractivity contribution < 1.29 is 14.4 Å². The van der Waals surface area contributed by atoms with Gasteiger partial charge in [-0.2, -0.15) is 0 Å². The first-order valence-electron chi connectivity index (χ1n) is 9.42. The number of aryl methyl sites for hydroxylation is 1. The maximum absolute atomic E-state index is 13.1. The van der Waals surface area contributed by atoms with Crippen molar-refractivity contribution in [3.05, 3.63) is 65.5 Å². The number of carbonyl (C=O) groups excluding carboxylic acids is 3. The molecule has 0 bridgehead atoms. The van der Waals surface area contributed by atoms with Crippen LogP contribution in [0.4, 0.5) is 4.79 Å². The van der Waals surface area contributed by atoms with E-state index in [9.17, 15) is 14.4 Å². The fourth-order valence-corrected chi connectivity index (χ4v) is 3.52. The molecular weight excluding hydrogens is 370 g/mol. The van der Waals surface area contributed by atoms with Gasteiger partial charge in [0.1, 0.15) is 0 Å². The molecule has 29 heavy (non-hydrogen) atoms. The predicted octanol–water partition coefficient (Wildman–Crippen LogP) is 0.746. The Labute approximate surface area is 169 Å². The number of hydrogen-bond acceptors (Lipinski definition) is 4. The molecule has 2 aromatic rings. The van der Waals surface area contributed by atoms with Crippen LogP contribution in [0.15, 0.2) is 48.8 Å². The molecule has 4 N–H and O–H groups in total. The summed E-state index contributed by atoms with van der Waals surface area (Å²) in [7, 11) is 0. The molecule has 0 unspecified atom stereocenters. The number of nitrogens with two attached hydrogens (primary N) is 1. The molecule has 1 aromatic heterocycles. The van der Waals surface area contributed by atoms with Crippen molar-refractivity contribution in [2.45, 2.75) is 19.9 Å². The van der Waals surface area contributed by atoms with E-state index in [-0.39, 0.29) is 18.4 Å². The Kier molecular flexibility index (Phi) is 6.11. The number of urea groups is 1. The lowest BCUT2D eigenvalue weighted by molar-refractivity contribution is -0.153. The maximum atomic E-state index is 13.1. The van der Waals surface area contributed by atoms with E-state index >= 15 is 0 Å². The first-order valence-corrected chi connectivity index (χ1v) is 9.42. The number of nitrogens with zero attached hydrogens (tertiary/aromatic N) is 2. The Bertz CT molecular complexity index is 894. The van der Waals surface area contributed by atoms with E-state index in [2.05, 4.69) is 15.6 Å². The number of aromatic nitrogens is 1. The summed E-state index contributed by atoms with van der Waals surface area (Å²) in [6.45, 7) is 2.77. The van der Waals surface area contributed by atoms with Gasteiger partial charge in [0.2, 0.25) is 11.8 Å². The summed E-state index contributed by atoms with van der Waals surface area (Å²) in [5.74, 6) is -0.352. The van der Waals surface area contributed by atoms with Gasteiger partial charge in [0, 0.05) is 32.0 Å². The average Bonchev–Trinajstić information content (AvgIpc) is 2.68. The number of rotatable bonds is 7. The van der Waals surface area contributed by atoms with Gasteiger partial charge in [-0.3, -0.25) is 14.6 Å². The molecule has 0 atom stereocenters. The molecule has 0 radical (unpaired) electrons. The second-order valence-electron chi connectivity index (χ2n) is 7.40. The van der Waals surface area contributed by atoms with Crippen LogP contribution in [0.3, 0.4) is 0 Å². The highest BCUT2D eigenvalue weighted by Gasteiger charge is 2.50. The van der Waals surface area contributed by atoms with E-state index in [1.807, 2.05) is 43.3 Å². The molecule has 8 heteroatoms. The number of likely N-dealkylation sites (tertiary alicyclic amines) is 1. The van der Waals surface area contributed by atoms with Gasteiger partial charge in [0.05, 0.1) is 12.0 Å². The second kappa shape index (κ2) is 8.72. The molecule has 1 aliphatic rings. The molecule has 0 aliphatic carbocycles. The van der Waals surface area contributed by atoms with Gasteiger partial charge >= 0.3 is 6.03 Å². The fraction of sp³-hybridized carbons (Fsp3) is 0.333. The zero-order valence-corrected chi connectivity index (χ0v) is 16.4. The molecule has 1 fully saturated rings. The summed E-state index contributed by atoms with van der Waals surface area (Å²) < 4.78 is 0. The molecule has 1 aromatic carbocycles. The maximum Gasteiger partial charge on any atom is 0.312 e. The Morgan fingerprint density at radius 2 is 1.86 bits per heavy atom. The second-order valence-corrected chi connectivity index (χ2v) is 7.40. The van der Waals surface area contributed by atoms with Gasteiger partial charge in [0.15, 0.2) is 0 Å². The molecule has 1 saturated heterocycles. The molecule has 152 valence electrons. The Morgan fingerprint density at radius 1 is 1.14 bits per heavy atom. The number of pyridine rings is 1. The first-order chi connectivity index (χ1) is 13.9. The highest BCUT2D eigenvalue weighted by molar-refractivity contribution is 5.89. The van der Waals surface area contributed by atoms with E-state index in [0.717, 1.165) is 16.7 Å². The average molecular weight is 395 g/mol. The van der Waals surface area contributed by atoms with Crippen molar-refractivity contribution in [1.29, 1.82) is 0 Å². The standard InChI is InChI=1S/C21H25N5O3/c1-15-10-23-8-7-17(15)11-24-19(28)21(9-16-5-3-2-4-6-16)13-26(14-21)18(27)12-25-20(22)29/h2-8,10H,9,11-14H2,1H3,(H,24,28)(H3,22,25,29). The Hall–Kier alpha value is -3.42. The van der Waals surface area contributed by atoms with Crippen molar-refractivity contribution in [3.63, 3.8) is 0 Å². The summed E-state index contributed by atoms with van der Waals surface area (Å²) in [5, 5.41) is 5.31. The van der Waals surface area contributed by atoms with Gasteiger partial charge in [0.25, 0.3) is 0 Å². The van der Waals surface area contributed by atoms with Crippen molar-refractivity contribution in [2.24, 2.45) is 11.1 Å². The van der Waals surface area contributed by atoms with Crippen LogP contribution in [0.2, 0.25) is 0 Å². The van der Waals surface area contributed by atoms with E-state index in [1.165, 1.54) is 0 Å². The van der Waals surface area contributed by atoms with Gasteiger partial charge < -0.3 is 21.3 Å². The van der Waals surface area contributed by atoms with Crippen molar-refractivity contribution in [3.8, 4) is 0 Å². The summed E-state index contributed by atoms with van der Waals surface area (Å²) in [4.78, 5) is 41.8. The molecule has 8 nitrogen and oxygen atoms in total. The molecule has 0 saturated carbocycles. The zero-order chi connectivity index (χ0) is 20.9. The van der Waals surface area contributed by atoms with Gasteiger partial charge in [-0.15, -0.1) is 0 Å². The highest BCUT2D eigenvalue weighted by atomic mass is 16.2. The first kappa shape index (κ1) is 20.3. The minimum Gasteiger partial charge on any atom is -0.352 e. The van der Waals surface area contributed by atoms with Crippen LogP contribution in [0.5, 0.6) is 0 Å². The van der Waals surface area contributed by atoms with E-state index in [0.29, 0.717) is 26.1 Å². The highest BCUT2D eigenvalue weighted by Crippen LogP contribution is 2.35. The minimum absolute atomic E-state index is 0.0931. The predicted molar refractivity (Wildman–Crippen MR) is 108 cm³/mol. The summed E-state index contributed by atoms with van der Waals surface area (Å²) in [6.07, 6.45) is 3.99. The van der Waals surface area contributed by atoms with Crippen LogP contribution in [0.1, 0.15) is 16.7 Å². The minimum atomic E-state index is -0.750. The Morgan fingerprint density at radius 3 is 2.52 bits per heavy atom. The Balaban J connectivity index is 1.69. The lowest BCUT2D eigenvalue weighted by Crippen LogP contribution is -2.66.